The van der Waals surface area contributed by atoms with Crippen LogP contribution in [-0.2, 0) is 0 Å². The van der Waals surface area contributed by atoms with E-state index < -0.39 is 0 Å². The normalized spacial score (nSPS) is 9.92. The van der Waals surface area contributed by atoms with Crippen LogP contribution in [0.15, 0.2) is 41.3 Å². The fourth-order valence-electron chi connectivity index (χ4n) is 0.892. The number of hydrogen-bond donors (Lipinski definition) is 1. The molecule has 0 atom stereocenters. The molecule has 0 bridgehead atoms. The van der Waals surface area contributed by atoms with Crippen LogP contribution in [0.2, 0.25) is 0 Å². The van der Waals surface area contributed by atoms with Crippen LogP contribution >= 0.6 is 11.8 Å². The van der Waals surface area contributed by atoms with Crippen molar-refractivity contribution >= 4 is 17.4 Å². The van der Waals surface area contributed by atoms with Gasteiger partial charge in [0.15, 0.2) is 0 Å². The van der Waals surface area contributed by atoms with Crippen molar-refractivity contribution in [3.05, 3.63) is 36.4 Å². The van der Waals surface area contributed by atoms with Gasteiger partial charge in [-0.3, -0.25) is 0 Å². The van der Waals surface area contributed by atoms with Gasteiger partial charge in [-0.25, -0.2) is 0 Å². The van der Waals surface area contributed by atoms with Crippen LogP contribution in [0.25, 0.3) is 0 Å². The summed E-state index contributed by atoms with van der Waals surface area (Å²) in [6.07, 6.45) is 1.05. The Morgan fingerprint density at radius 1 is 1.54 bits per heavy atom. The zero-order chi connectivity index (χ0) is 9.68. The average Bonchev–Trinajstić information content (AvgIpc) is 2.14. The van der Waals surface area contributed by atoms with E-state index in [2.05, 4.69) is 19.6 Å². The molecule has 1 aromatic carbocycles. The minimum absolute atomic E-state index is 0.826. The molecule has 0 saturated carbocycles. The molecule has 0 aliphatic rings. The standard InChI is InChI=1S/C11H15NS/c1-3-9(2)8-13-11-6-4-5-10(12)7-11/h4-7H,2-3,8,12H2,1H3. The van der Waals surface area contributed by atoms with Crippen molar-refractivity contribution in [2.75, 3.05) is 11.5 Å². The van der Waals surface area contributed by atoms with Gasteiger partial charge in [-0.1, -0.05) is 25.1 Å². The van der Waals surface area contributed by atoms with Gasteiger partial charge < -0.3 is 5.73 Å². The molecule has 13 heavy (non-hydrogen) atoms. The second-order valence-electron chi connectivity index (χ2n) is 2.96. The van der Waals surface area contributed by atoms with E-state index in [1.807, 2.05) is 18.2 Å². The van der Waals surface area contributed by atoms with Crippen LogP contribution in [0, 0.1) is 0 Å². The Balaban J connectivity index is 2.50. The maximum Gasteiger partial charge on any atom is 0.0325 e. The van der Waals surface area contributed by atoms with Crippen LogP contribution in [0.1, 0.15) is 13.3 Å². The zero-order valence-corrected chi connectivity index (χ0v) is 8.73. The third kappa shape index (κ3) is 3.55. The summed E-state index contributed by atoms with van der Waals surface area (Å²) in [5, 5.41) is 0. The smallest absolute Gasteiger partial charge is 0.0325 e. The van der Waals surface area contributed by atoms with Gasteiger partial charge in [-0.05, 0) is 24.6 Å². The molecule has 0 spiro atoms. The number of hydrogen-bond acceptors (Lipinski definition) is 2. The summed E-state index contributed by atoms with van der Waals surface area (Å²) in [6.45, 7) is 6.09. The van der Waals surface area contributed by atoms with Crippen molar-refractivity contribution in [3.8, 4) is 0 Å². The summed E-state index contributed by atoms with van der Waals surface area (Å²) in [4.78, 5) is 1.22. The fraction of sp³-hybridized carbons (Fsp3) is 0.273. The molecular formula is C11H15NS. The van der Waals surface area contributed by atoms with Crippen molar-refractivity contribution in [2.45, 2.75) is 18.2 Å². The molecule has 0 fully saturated rings. The Morgan fingerprint density at radius 3 is 2.92 bits per heavy atom. The SMILES string of the molecule is C=C(CC)CSc1cccc(N)c1. The molecule has 0 aromatic heterocycles. The molecule has 0 radical (unpaired) electrons. The van der Waals surface area contributed by atoms with E-state index in [0.29, 0.717) is 0 Å². The molecule has 1 nitrogen and oxygen atoms in total. The van der Waals surface area contributed by atoms with Gasteiger partial charge >= 0.3 is 0 Å². The Kier molecular flexibility index (Phi) is 3.90. The first kappa shape index (κ1) is 10.2. The van der Waals surface area contributed by atoms with Crippen LogP contribution in [0.5, 0.6) is 0 Å². The number of nitrogen functional groups attached to an aromatic ring is 1. The Labute approximate surface area is 84.0 Å². The molecule has 0 saturated heterocycles. The number of anilines is 1. The first-order chi connectivity index (χ1) is 6.22. The Bertz CT molecular complexity index is 294. The highest BCUT2D eigenvalue weighted by molar-refractivity contribution is 7.99. The maximum absolute atomic E-state index is 5.66. The summed E-state index contributed by atoms with van der Waals surface area (Å²) < 4.78 is 0. The van der Waals surface area contributed by atoms with E-state index in [0.717, 1.165) is 17.9 Å². The quantitative estimate of drug-likeness (QED) is 0.451. The molecule has 0 heterocycles. The van der Waals surface area contributed by atoms with Gasteiger partial charge in [-0.2, -0.15) is 0 Å². The van der Waals surface area contributed by atoms with E-state index in [4.69, 9.17) is 5.73 Å². The minimum Gasteiger partial charge on any atom is -0.399 e. The summed E-state index contributed by atoms with van der Waals surface area (Å²) >= 11 is 1.79. The molecule has 0 amide bonds. The predicted octanol–water partition coefficient (Wildman–Crippen LogP) is 3.33. The van der Waals surface area contributed by atoms with Gasteiger partial charge in [-0.15, -0.1) is 11.8 Å². The minimum atomic E-state index is 0.826. The van der Waals surface area contributed by atoms with E-state index in [-0.39, 0.29) is 0 Å². The lowest BCUT2D eigenvalue weighted by Gasteiger charge is -2.03. The van der Waals surface area contributed by atoms with Crippen molar-refractivity contribution in [1.82, 2.24) is 0 Å². The molecule has 1 rings (SSSR count). The number of rotatable bonds is 4. The summed E-state index contributed by atoms with van der Waals surface area (Å²) in [5.74, 6) is 0.986. The fourth-order valence-corrected chi connectivity index (χ4v) is 1.86. The van der Waals surface area contributed by atoms with Gasteiger partial charge in [0, 0.05) is 16.3 Å². The third-order valence-corrected chi connectivity index (χ3v) is 2.94. The average molecular weight is 193 g/mol. The molecule has 2 heteroatoms. The molecule has 0 aliphatic heterocycles. The largest absolute Gasteiger partial charge is 0.399 e. The van der Waals surface area contributed by atoms with Gasteiger partial charge in [0.05, 0.1) is 0 Å². The molecule has 0 unspecified atom stereocenters. The first-order valence-corrected chi connectivity index (χ1v) is 5.36. The topological polar surface area (TPSA) is 26.0 Å². The van der Waals surface area contributed by atoms with Crippen LogP contribution in [-0.4, -0.2) is 5.75 Å². The lowest BCUT2D eigenvalue weighted by molar-refractivity contribution is 1.12. The third-order valence-electron chi connectivity index (χ3n) is 1.80. The van der Waals surface area contributed by atoms with Gasteiger partial charge in [0.2, 0.25) is 0 Å². The van der Waals surface area contributed by atoms with Crippen molar-refractivity contribution in [3.63, 3.8) is 0 Å². The molecular weight excluding hydrogens is 178 g/mol. The van der Waals surface area contributed by atoms with Crippen molar-refractivity contribution < 1.29 is 0 Å². The number of nitrogens with two attached hydrogens (primary N) is 1. The lowest BCUT2D eigenvalue weighted by Crippen LogP contribution is -1.86. The Hall–Kier alpha value is -0.890. The summed E-state index contributed by atoms with van der Waals surface area (Å²) in [7, 11) is 0. The first-order valence-electron chi connectivity index (χ1n) is 4.37. The molecule has 70 valence electrons. The summed E-state index contributed by atoms with van der Waals surface area (Å²) in [5.41, 5.74) is 7.76. The summed E-state index contributed by atoms with van der Waals surface area (Å²) in [6, 6.07) is 7.95. The maximum atomic E-state index is 5.66. The van der Waals surface area contributed by atoms with E-state index in [1.165, 1.54) is 10.5 Å². The lowest BCUT2D eigenvalue weighted by atomic mass is 10.3. The van der Waals surface area contributed by atoms with Crippen LogP contribution in [0.4, 0.5) is 5.69 Å². The van der Waals surface area contributed by atoms with Crippen molar-refractivity contribution in [2.24, 2.45) is 0 Å². The van der Waals surface area contributed by atoms with E-state index in [9.17, 15) is 0 Å². The van der Waals surface area contributed by atoms with Gasteiger partial charge in [0.1, 0.15) is 0 Å². The highest BCUT2D eigenvalue weighted by Crippen LogP contribution is 2.22. The predicted molar refractivity (Wildman–Crippen MR) is 61.0 cm³/mol. The molecule has 0 aliphatic carbocycles. The molecule has 2 N–H and O–H groups in total. The number of benzene rings is 1. The van der Waals surface area contributed by atoms with E-state index in [1.54, 1.807) is 11.8 Å². The number of thioether (sulfide) groups is 1. The highest BCUT2D eigenvalue weighted by Gasteiger charge is 1.95. The van der Waals surface area contributed by atoms with E-state index >= 15 is 0 Å². The molecule has 1 aromatic rings. The van der Waals surface area contributed by atoms with Crippen LogP contribution in [0.3, 0.4) is 0 Å². The second-order valence-corrected chi connectivity index (χ2v) is 4.01. The van der Waals surface area contributed by atoms with Gasteiger partial charge in [0.25, 0.3) is 0 Å². The second kappa shape index (κ2) is 4.97. The van der Waals surface area contributed by atoms with Crippen molar-refractivity contribution in [1.29, 1.82) is 0 Å². The zero-order valence-electron chi connectivity index (χ0n) is 7.92. The van der Waals surface area contributed by atoms with Crippen LogP contribution < -0.4 is 5.73 Å². The highest BCUT2D eigenvalue weighted by atomic mass is 32.2. The monoisotopic (exact) mass is 193 g/mol. The Morgan fingerprint density at radius 2 is 2.31 bits per heavy atom.